The van der Waals surface area contributed by atoms with E-state index < -0.39 is 0 Å². The third kappa shape index (κ3) is 3.71. The summed E-state index contributed by atoms with van der Waals surface area (Å²) in [7, 11) is 0. The Morgan fingerprint density at radius 3 is 2.95 bits per heavy atom. The van der Waals surface area contributed by atoms with Crippen molar-refractivity contribution in [1.29, 1.82) is 0 Å². The van der Waals surface area contributed by atoms with E-state index in [0.29, 0.717) is 6.04 Å². The molecule has 108 valence electrons. The van der Waals surface area contributed by atoms with Gasteiger partial charge in [-0.05, 0) is 31.9 Å². The predicted octanol–water partition coefficient (Wildman–Crippen LogP) is 2.86. The van der Waals surface area contributed by atoms with Gasteiger partial charge in [0.25, 0.3) is 5.91 Å². The van der Waals surface area contributed by atoms with Gasteiger partial charge in [0.1, 0.15) is 0 Å². The number of nitrogens with zero attached hydrogens (tertiary/aromatic N) is 1. The quantitative estimate of drug-likeness (QED) is 0.931. The number of aryl methyl sites for hydroxylation is 2. The summed E-state index contributed by atoms with van der Waals surface area (Å²) in [4.78, 5) is 16.7. The first-order chi connectivity index (χ1) is 8.63. The minimum atomic E-state index is 0. The smallest absolute Gasteiger partial charge is 0.264 e. The van der Waals surface area contributed by atoms with E-state index in [4.69, 9.17) is 0 Å². The van der Waals surface area contributed by atoms with Crippen molar-refractivity contribution >= 4 is 29.7 Å². The van der Waals surface area contributed by atoms with Crippen LogP contribution in [-0.4, -0.2) is 36.5 Å². The van der Waals surface area contributed by atoms with E-state index in [0.717, 1.165) is 37.4 Å². The summed E-state index contributed by atoms with van der Waals surface area (Å²) in [6.45, 7) is 9.03. The molecular formula is C14H23ClN2OS. The van der Waals surface area contributed by atoms with Crippen molar-refractivity contribution in [3.8, 4) is 0 Å². The first-order valence-electron chi connectivity index (χ1n) is 6.74. The van der Waals surface area contributed by atoms with Crippen molar-refractivity contribution in [2.45, 2.75) is 39.7 Å². The second kappa shape index (κ2) is 7.27. The summed E-state index contributed by atoms with van der Waals surface area (Å²) in [6.07, 6.45) is 2.21. The molecule has 2 heterocycles. The Hall–Kier alpha value is -0.580. The molecule has 2 rings (SSSR count). The Morgan fingerprint density at radius 2 is 2.32 bits per heavy atom. The molecule has 0 aliphatic carbocycles. The van der Waals surface area contributed by atoms with Crippen LogP contribution in [0.3, 0.4) is 0 Å². The standard InChI is InChI=1S/C14H22N2OS.ClH/c1-4-5-12-8-13(18-11(12)3)14(17)16-7-6-15-9-10(16)2;/h8,10,15H,4-7,9H2,1-3H3;1H/t10-;/m0./s1. The first kappa shape index (κ1) is 16.5. The summed E-state index contributed by atoms with van der Waals surface area (Å²) in [6, 6.07) is 2.39. The van der Waals surface area contributed by atoms with E-state index in [1.165, 1.54) is 10.4 Å². The van der Waals surface area contributed by atoms with E-state index in [9.17, 15) is 4.79 Å². The average molecular weight is 303 g/mol. The SMILES string of the molecule is CCCc1cc(C(=O)N2CCNC[C@@H]2C)sc1C.Cl. The molecule has 1 saturated heterocycles. The van der Waals surface area contributed by atoms with Crippen LogP contribution in [0.4, 0.5) is 0 Å². The molecule has 5 heteroatoms. The summed E-state index contributed by atoms with van der Waals surface area (Å²) < 4.78 is 0. The summed E-state index contributed by atoms with van der Waals surface area (Å²) >= 11 is 1.65. The van der Waals surface area contributed by atoms with Gasteiger partial charge in [-0.2, -0.15) is 0 Å². The van der Waals surface area contributed by atoms with Crippen molar-refractivity contribution < 1.29 is 4.79 Å². The molecule has 0 unspecified atom stereocenters. The second-order valence-electron chi connectivity index (χ2n) is 4.99. The van der Waals surface area contributed by atoms with Gasteiger partial charge in [0.15, 0.2) is 0 Å². The van der Waals surface area contributed by atoms with Crippen LogP contribution in [0.1, 0.15) is 40.4 Å². The molecule has 1 aliphatic rings. The van der Waals surface area contributed by atoms with E-state index in [1.54, 1.807) is 11.3 Å². The fourth-order valence-electron chi connectivity index (χ4n) is 2.43. The number of hydrogen-bond donors (Lipinski definition) is 1. The Bertz CT molecular complexity index is 433. The van der Waals surface area contributed by atoms with Gasteiger partial charge in [0.2, 0.25) is 0 Å². The molecule has 19 heavy (non-hydrogen) atoms. The van der Waals surface area contributed by atoms with Crippen LogP contribution in [0.5, 0.6) is 0 Å². The maximum absolute atomic E-state index is 12.5. The largest absolute Gasteiger partial charge is 0.333 e. The third-order valence-electron chi connectivity index (χ3n) is 3.51. The molecule has 1 aromatic heterocycles. The molecule has 1 fully saturated rings. The van der Waals surface area contributed by atoms with E-state index in [1.807, 2.05) is 4.90 Å². The maximum atomic E-state index is 12.5. The molecular weight excluding hydrogens is 280 g/mol. The average Bonchev–Trinajstić information content (AvgIpc) is 2.71. The predicted molar refractivity (Wildman–Crippen MR) is 83.7 cm³/mol. The topological polar surface area (TPSA) is 32.3 Å². The van der Waals surface area contributed by atoms with Crippen LogP contribution in [0.2, 0.25) is 0 Å². The van der Waals surface area contributed by atoms with Gasteiger partial charge in [-0.1, -0.05) is 13.3 Å². The van der Waals surface area contributed by atoms with E-state index >= 15 is 0 Å². The zero-order valence-corrected chi connectivity index (χ0v) is 13.5. The zero-order chi connectivity index (χ0) is 13.1. The van der Waals surface area contributed by atoms with Crippen molar-refractivity contribution in [3.05, 3.63) is 21.4 Å². The Kier molecular flexibility index (Phi) is 6.30. The van der Waals surface area contributed by atoms with Crippen molar-refractivity contribution in [1.82, 2.24) is 10.2 Å². The number of piperazine rings is 1. The number of amides is 1. The molecule has 1 N–H and O–H groups in total. The number of hydrogen-bond acceptors (Lipinski definition) is 3. The molecule has 1 atom stereocenters. The lowest BCUT2D eigenvalue weighted by molar-refractivity contribution is 0.0660. The lowest BCUT2D eigenvalue weighted by Crippen LogP contribution is -2.52. The Morgan fingerprint density at radius 1 is 1.58 bits per heavy atom. The highest BCUT2D eigenvalue weighted by Crippen LogP contribution is 2.25. The monoisotopic (exact) mass is 302 g/mol. The molecule has 0 spiro atoms. The summed E-state index contributed by atoms with van der Waals surface area (Å²) in [5.74, 6) is 0.208. The highest BCUT2D eigenvalue weighted by Gasteiger charge is 2.25. The second-order valence-corrected chi connectivity index (χ2v) is 6.25. The highest BCUT2D eigenvalue weighted by atomic mass is 35.5. The molecule has 1 aliphatic heterocycles. The number of carbonyl (C=O) groups is 1. The van der Waals surface area contributed by atoms with Crippen LogP contribution in [0, 0.1) is 6.92 Å². The number of carbonyl (C=O) groups excluding carboxylic acids is 1. The number of nitrogens with one attached hydrogen (secondary N) is 1. The molecule has 1 amide bonds. The Balaban J connectivity index is 0.00000180. The summed E-state index contributed by atoms with van der Waals surface area (Å²) in [5.41, 5.74) is 1.34. The van der Waals surface area contributed by atoms with Crippen LogP contribution in [0.25, 0.3) is 0 Å². The fourth-order valence-corrected chi connectivity index (χ4v) is 3.45. The van der Waals surface area contributed by atoms with Gasteiger partial charge in [-0.3, -0.25) is 4.79 Å². The molecule has 1 aromatic rings. The molecule has 3 nitrogen and oxygen atoms in total. The minimum Gasteiger partial charge on any atom is -0.333 e. The maximum Gasteiger partial charge on any atom is 0.264 e. The highest BCUT2D eigenvalue weighted by molar-refractivity contribution is 7.14. The van der Waals surface area contributed by atoms with E-state index in [2.05, 4.69) is 32.2 Å². The van der Waals surface area contributed by atoms with Crippen molar-refractivity contribution in [2.75, 3.05) is 19.6 Å². The van der Waals surface area contributed by atoms with Gasteiger partial charge in [-0.25, -0.2) is 0 Å². The fraction of sp³-hybridized carbons (Fsp3) is 0.643. The Labute approximate surface area is 125 Å². The number of thiophene rings is 1. The van der Waals surface area contributed by atoms with Gasteiger partial charge in [0.05, 0.1) is 4.88 Å². The third-order valence-corrected chi connectivity index (χ3v) is 4.59. The van der Waals surface area contributed by atoms with Crippen molar-refractivity contribution in [3.63, 3.8) is 0 Å². The summed E-state index contributed by atoms with van der Waals surface area (Å²) in [5, 5.41) is 3.32. The van der Waals surface area contributed by atoms with Crippen molar-refractivity contribution in [2.24, 2.45) is 0 Å². The normalized spacial score (nSPS) is 19.1. The number of rotatable bonds is 3. The molecule has 0 radical (unpaired) electrons. The van der Waals surface area contributed by atoms with Gasteiger partial charge in [0, 0.05) is 30.6 Å². The molecule has 0 bridgehead atoms. The molecule has 0 saturated carbocycles. The lowest BCUT2D eigenvalue weighted by atomic mass is 10.1. The van der Waals surface area contributed by atoms with Gasteiger partial charge < -0.3 is 10.2 Å². The van der Waals surface area contributed by atoms with E-state index in [-0.39, 0.29) is 18.3 Å². The van der Waals surface area contributed by atoms with Gasteiger partial charge in [-0.15, -0.1) is 23.7 Å². The van der Waals surface area contributed by atoms with Crippen LogP contribution >= 0.6 is 23.7 Å². The number of halogens is 1. The van der Waals surface area contributed by atoms with Gasteiger partial charge >= 0.3 is 0 Å². The van der Waals surface area contributed by atoms with Crippen LogP contribution < -0.4 is 5.32 Å². The van der Waals surface area contributed by atoms with Crippen LogP contribution in [0.15, 0.2) is 6.07 Å². The van der Waals surface area contributed by atoms with Crippen LogP contribution in [-0.2, 0) is 6.42 Å². The first-order valence-corrected chi connectivity index (χ1v) is 7.56. The minimum absolute atomic E-state index is 0. The lowest BCUT2D eigenvalue weighted by Gasteiger charge is -2.33. The zero-order valence-electron chi connectivity index (χ0n) is 11.9. The molecule has 0 aromatic carbocycles.